The van der Waals surface area contributed by atoms with Gasteiger partial charge in [-0.3, -0.25) is 19.2 Å². The minimum Gasteiger partial charge on any atom is -0.497 e. The van der Waals surface area contributed by atoms with Crippen LogP contribution in [0.3, 0.4) is 0 Å². The third kappa shape index (κ3) is 13.6. The molecule has 0 saturated heterocycles. The molecule has 3 rings (SSSR count). The number of carboxylic acids is 1. The Morgan fingerprint density at radius 1 is 0.830 bits per heavy atom. The minimum absolute atomic E-state index is 0.0785. The summed E-state index contributed by atoms with van der Waals surface area (Å²) in [5.74, 6) is -8.02. The standard InChI is InChI=1S/C32H33Cl2F3N4O5.C2HF3O2/c1-17(2)26(28(42)32(35,36)37)40-31(45)27(19-9-11-23(46-3)12-10-19)41-30(44)25(14-18-5-4-6-22(33)13-18)39-29(43)20-7-8-21(16-38)24(34)15-20;3-2(4,5)1(6)7/h4-13,15,17,25-27H,14,16,38H2,1-3H3,(H,39,43)(H,40,45)(H,41,44);(H,6,7)/t25-,26-,27-;/m0./s1. The summed E-state index contributed by atoms with van der Waals surface area (Å²) in [5, 5.41) is 15.1. The Balaban J connectivity index is 0.00000126. The van der Waals surface area contributed by atoms with Crippen molar-refractivity contribution in [1.82, 2.24) is 16.0 Å². The molecule has 3 atom stereocenters. The zero-order chi connectivity index (χ0) is 40.3. The molecule has 0 saturated carbocycles. The van der Waals surface area contributed by atoms with Crippen molar-refractivity contribution in [3.05, 3.63) is 99.0 Å². The summed E-state index contributed by atoms with van der Waals surface area (Å²) in [4.78, 5) is 61.7. The van der Waals surface area contributed by atoms with E-state index in [0.29, 0.717) is 21.9 Å². The lowest BCUT2D eigenvalue weighted by Crippen LogP contribution is -2.55. The molecule has 0 unspecified atom stereocenters. The molecule has 0 heterocycles. The van der Waals surface area contributed by atoms with Gasteiger partial charge in [-0.15, -0.1) is 0 Å². The van der Waals surface area contributed by atoms with Crippen molar-refractivity contribution in [2.75, 3.05) is 7.11 Å². The van der Waals surface area contributed by atoms with E-state index < -0.39 is 65.9 Å². The lowest BCUT2D eigenvalue weighted by atomic mass is 9.97. The third-order valence-corrected chi connectivity index (χ3v) is 7.84. The number of nitrogens with one attached hydrogen (secondary N) is 3. The first-order valence-corrected chi connectivity index (χ1v) is 16.0. The molecule has 0 fully saturated rings. The maximum Gasteiger partial charge on any atom is 0.490 e. The number of carboxylic acid groups (broad SMARTS) is 1. The third-order valence-electron chi connectivity index (χ3n) is 7.25. The zero-order valence-corrected chi connectivity index (χ0v) is 29.6. The number of rotatable bonds is 13. The first-order chi connectivity index (χ1) is 24.6. The Morgan fingerprint density at radius 3 is 1.91 bits per heavy atom. The van der Waals surface area contributed by atoms with Crippen LogP contribution in [0, 0.1) is 5.92 Å². The van der Waals surface area contributed by atoms with Gasteiger partial charge in [-0.2, -0.15) is 26.3 Å². The number of alkyl halides is 6. The largest absolute Gasteiger partial charge is 0.497 e. The van der Waals surface area contributed by atoms with Gasteiger partial charge in [0.25, 0.3) is 11.7 Å². The quantitative estimate of drug-likeness (QED) is 0.140. The van der Waals surface area contributed by atoms with Crippen LogP contribution in [0.5, 0.6) is 5.75 Å². The molecule has 3 aromatic rings. The summed E-state index contributed by atoms with van der Waals surface area (Å²) >= 11 is 12.4. The molecule has 3 aromatic carbocycles. The minimum atomic E-state index is -5.21. The Hall–Kier alpha value is -4.87. The fourth-order valence-electron chi connectivity index (χ4n) is 4.49. The monoisotopic (exact) mass is 794 g/mol. The number of aliphatic carboxylic acids is 1. The summed E-state index contributed by atoms with van der Waals surface area (Å²) in [6.07, 6.45) is -10.4. The molecule has 19 heteroatoms. The molecule has 0 bridgehead atoms. The predicted octanol–water partition coefficient (Wildman–Crippen LogP) is 5.56. The van der Waals surface area contributed by atoms with Gasteiger partial charge in [-0.05, 0) is 59.0 Å². The molecule has 0 spiro atoms. The second-order valence-electron chi connectivity index (χ2n) is 11.5. The number of hydrogen-bond acceptors (Lipinski definition) is 7. The highest BCUT2D eigenvalue weighted by Crippen LogP contribution is 2.24. The predicted molar refractivity (Wildman–Crippen MR) is 181 cm³/mol. The van der Waals surface area contributed by atoms with E-state index >= 15 is 0 Å². The van der Waals surface area contributed by atoms with Crippen molar-refractivity contribution in [3.8, 4) is 5.75 Å². The van der Waals surface area contributed by atoms with Crippen molar-refractivity contribution < 1.29 is 60.2 Å². The summed E-state index contributed by atoms with van der Waals surface area (Å²) in [6, 6.07) is 12.0. The average Bonchev–Trinajstić information content (AvgIpc) is 3.08. The van der Waals surface area contributed by atoms with Gasteiger partial charge in [0.1, 0.15) is 17.8 Å². The van der Waals surface area contributed by atoms with Crippen LogP contribution in [0.25, 0.3) is 0 Å². The number of hydrogen-bond donors (Lipinski definition) is 5. The molecule has 288 valence electrons. The highest BCUT2D eigenvalue weighted by molar-refractivity contribution is 6.31. The molecule has 6 N–H and O–H groups in total. The number of nitrogens with two attached hydrogens (primary N) is 1. The van der Waals surface area contributed by atoms with E-state index in [1.165, 1.54) is 57.4 Å². The number of ketones is 1. The number of carbonyl (C=O) groups is 5. The molecule has 53 heavy (non-hydrogen) atoms. The van der Waals surface area contributed by atoms with Crippen LogP contribution in [0.1, 0.15) is 46.9 Å². The number of halogens is 8. The van der Waals surface area contributed by atoms with Crippen LogP contribution in [-0.2, 0) is 32.1 Å². The van der Waals surface area contributed by atoms with Gasteiger partial charge in [0.05, 0.1) is 13.2 Å². The lowest BCUT2D eigenvalue weighted by molar-refractivity contribution is -0.192. The van der Waals surface area contributed by atoms with Gasteiger partial charge >= 0.3 is 18.3 Å². The van der Waals surface area contributed by atoms with Gasteiger partial charge < -0.3 is 31.5 Å². The van der Waals surface area contributed by atoms with E-state index in [2.05, 4.69) is 16.0 Å². The first-order valence-electron chi connectivity index (χ1n) is 15.3. The normalized spacial score (nSPS) is 13.1. The molecular formula is C34H34Cl2F6N4O7. The SMILES string of the molecule is COc1ccc([C@H](NC(=O)[C@H](Cc2cccc(Cl)c2)NC(=O)c2ccc(CN)c(Cl)c2)C(=O)N[C@H](C(=O)C(F)(F)F)C(C)C)cc1.O=C(O)C(F)(F)F. The fraction of sp³-hybridized carbons (Fsp3) is 0.324. The van der Waals surface area contributed by atoms with E-state index in [9.17, 15) is 45.5 Å². The van der Waals surface area contributed by atoms with E-state index in [-0.39, 0.29) is 29.1 Å². The van der Waals surface area contributed by atoms with Gasteiger partial charge in [0.15, 0.2) is 0 Å². The molecule has 11 nitrogen and oxygen atoms in total. The zero-order valence-electron chi connectivity index (χ0n) is 28.1. The van der Waals surface area contributed by atoms with Gasteiger partial charge in [0.2, 0.25) is 11.8 Å². The number of methoxy groups -OCH3 is 1. The van der Waals surface area contributed by atoms with Crippen molar-refractivity contribution >= 4 is 52.7 Å². The highest BCUT2D eigenvalue weighted by atomic mass is 35.5. The molecule has 0 radical (unpaired) electrons. The topological polar surface area (TPSA) is 177 Å². The van der Waals surface area contributed by atoms with Crippen LogP contribution < -0.4 is 26.4 Å². The number of benzene rings is 3. The fourth-order valence-corrected chi connectivity index (χ4v) is 4.96. The maximum atomic E-state index is 13.8. The molecular weight excluding hydrogens is 761 g/mol. The second kappa shape index (κ2) is 19.3. The number of carbonyl (C=O) groups excluding carboxylic acids is 4. The van der Waals surface area contributed by atoms with Crippen LogP contribution in [0.15, 0.2) is 66.7 Å². The molecule has 3 amide bonds. The molecule has 0 aromatic heterocycles. The maximum absolute atomic E-state index is 13.8. The van der Waals surface area contributed by atoms with E-state index in [4.69, 9.17) is 43.6 Å². The van der Waals surface area contributed by atoms with Gasteiger partial charge in [-0.1, -0.05) is 67.4 Å². The molecule has 0 aliphatic heterocycles. The summed E-state index contributed by atoms with van der Waals surface area (Å²) in [6.45, 7) is 2.83. The van der Waals surface area contributed by atoms with Crippen molar-refractivity contribution in [2.24, 2.45) is 11.7 Å². The number of Topliss-reactive ketones (excluding diaryl/α,β-unsaturated/α-hetero) is 1. The van der Waals surface area contributed by atoms with Crippen LogP contribution in [-0.4, -0.2) is 66.1 Å². The smallest absolute Gasteiger partial charge is 0.490 e. The lowest BCUT2D eigenvalue weighted by Gasteiger charge is -2.27. The second-order valence-corrected chi connectivity index (χ2v) is 12.3. The average molecular weight is 796 g/mol. The van der Waals surface area contributed by atoms with Gasteiger partial charge in [-0.25, -0.2) is 4.79 Å². The Kier molecular flexibility index (Phi) is 16.1. The molecule has 0 aliphatic rings. The summed E-state index contributed by atoms with van der Waals surface area (Å²) < 4.78 is 76.9. The van der Waals surface area contributed by atoms with Crippen LogP contribution in [0.4, 0.5) is 26.3 Å². The molecule has 0 aliphatic carbocycles. The van der Waals surface area contributed by atoms with Crippen molar-refractivity contribution in [2.45, 2.75) is 57.3 Å². The van der Waals surface area contributed by atoms with E-state index in [0.717, 1.165) is 0 Å². The summed E-state index contributed by atoms with van der Waals surface area (Å²) in [7, 11) is 1.41. The Bertz CT molecular complexity index is 1770. The van der Waals surface area contributed by atoms with Crippen molar-refractivity contribution in [1.29, 1.82) is 0 Å². The van der Waals surface area contributed by atoms with Gasteiger partial charge in [0, 0.05) is 28.6 Å². The highest BCUT2D eigenvalue weighted by Gasteiger charge is 2.45. The Labute approximate surface area is 309 Å². The summed E-state index contributed by atoms with van der Waals surface area (Å²) in [5.41, 5.74) is 7.11. The number of amides is 3. The van der Waals surface area contributed by atoms with Crippen molar-refractivity contribution in [3.63, 3.8) is 0 Å². The van der Waals surface area contributed by atoms with Crippen LogP contribution in [0.2, 0.25) is 10.0 Å². The van der Waals surface area contributed by atoms with E-state index in [1.807, 2.05) is 0 Å². The first kappa shape index (κ1) is 44.3. The number of ether oxygens (including phenoxy) is 1. The Morgan fingerprint density at radius 2 is 1.43 bits per heavy atom. The van der Waals surface area contributed by atoms with E-state index in [1.54, 1.807) is 30.3 Å². The van der Waals surface area contributed by atoms with Crippen LogP contribution >= 0.6 is 23.2 Å².